The van der Waals surface area contributed by atoms with Crippen LogP contribution in [0, 0.1) is 11.3 Å². The first-order valence-corrected chi connectivity index (χ1v) is 4.05. The van der Waals surface area contributed by atoms with Gasteiger partial charge in [0.05, 0.1) is 5.56 Å². The summed E-state index contributed by atoms with van der Waals surface area (Å²) in [5.74, 6) is 6.03. The summed E-state index contributed by atoms with van der Waals surface area (Å²) in [6.07, 6.45) is 1.43. The minimum atomic E-state index is 0.108. The Kier molecular flexibility index (Phi) is 1.95. The number of nitrogens with two attached hydrogens (primary N) is 2. The SMILES string of the molecule is N#Cc1ccc(-c2nnc(N)n2N)nc1. The fraction of sp³-hybridized carbons (Fsp3) is 0. The Labute approximate surface area is 84.9 Å². The van der Waals surface area contributed by atoms with Crippen LogP contribution in [0.5, 0.6) is 0 Å². The molecule has 0 bridgehead atoms. The van der Waals surface area contributed by atoms with Crippen molar-refractivity contribution in [3.63, 3.8) is 0 Å². The van der Waals surface area contributed by atoms with E-state index in [0.29, 0.717) is 17.1 Å². The van der Waals surface area contributed by atoms with Gasteiger partial charge in [0.1, 0.15) is 11.8 Å². The molecule has 2 aromatic heterocycles. The monoisotopic (exact) mass is 201 g/mol. The van der Waals surface area contributed by atoms with E-state index in [-0.39, 0.29) is 5.95 Å². The van der Waals surface area contributed by atoms with Crippen molar-refractivity contribution in [1.29, 1.82) is 5.26 Å². The fourth-order valence-electron chi connectivity index (χ4n) is 1.07. The van der Waals surface area contributed by atoms with E-state index >= 15 is 0 Å². The minimum Gasteiger partial charge on any atom is -0.366 e. The summed E-state index contributed by atoms with van der Waals surface area (Å²) in [6, 6.07) is 5.21. The number of hydrogen-bond acceptors (Lipinski definition) is 6. The van der Waals surface area contributed by atoms with Crippen LogP contribution < -0.4 is 11.6 Å². The molecule has 2 aromatic rings. The predicted octanol–water partition coefficient (Wildman–Crippen LogP) is -0.492. The molecule has 2 rings (SSSR count). The second-order valence-electron chi connectivity index (χ2n) is 2.80. The standard InChI is InChI=1S/C8H7N7/c9-3-5-1-2-6(12-4-5)7-13-14-8(10)15(7)11/h1-2,4H,11H2,(H2,10,14). The van der Waals surface area contributed by atoms with Crippen LogP contribution in [-0.4, -0.2) is 19.9 Å². The van der Waals surface area contributed by atoms with Crippen LogP contribution in [-0.2, 0) is 0 Å². The normalized spacial score (nSPS) is 9.80. The van der Waals surface area contributed by atoms with Gasteiger partial charge in [0.2, 0.25) is 11.8 Å². The molecule has 0 aliphatic heterocycles. The second kappa shape index (κ2) is 3.26. The van der Waals surface area contributed by atoms with Gasteiger partial charge in [0.15, 0.2) is 0 Å². The lowest BCUT2D eigenvalue weighted by molar-refractivity contribution is 1.01. The molecule has 7 nitrogen and oxygen atoms in total. The van der Waals surface area contributed by atoms with Gasteiger partial charge in [-0.05, 0) is 12.1 Å². The summed E-state index contributed by atoms with van der Waals surface area (Å²) >= 11 is 0. The van der Waals surface area contributed by atoms with Crippen molar-refractivity contribution in [1.82, 2.24) is 19.9 Å². The van der Waals surface area contributed by atoms with Crippen molar-refractivity contribution in [2.75, 3.05) is 11.6 Å². The van der Waals surface area contributed by atoms with Gasteiger partial charge in [-0.3, -0.25) is 4.98 Å². The highest BCUT2D eigenvalue weighted by Gasteiger charge is 2.09. The molecule has 0 aromatic carbocycles. The van der Waals surface area contributed by atoms with E-state index in [0.717, 1.165) is 4.68 Å². The average molecular weight is 201 g/mol. The number of nitrogen functional groups attached to an aromatic ring is 2. The molecule has 7 heteroatoms. The lowest BCUT2D eigenvalue weighted by Crippen LogP contribution is -2.13. The van der Waals surface area contributed by atoms with E-state index in [4.69, 9.17) is 16.8 Å². The van der Waals surface area contributed by atoms with Crippen molar-refractivity contribution in [2.45, 2.75) is 0 Å². The molecule has 4 N–H and O–H groups in total. The molecular formula is C8H7N7. The zero-order valence-electron chi connectivity index (χ0n) is 7.62. The third-order valence-corrected chi connectivity index (χ3v) is 1.84. The number of pyridine rings is 1. The Morgan fingerprint density at radius 2 is 2.13 bits per heavy atom. The van der Waals surface area contributed by atoms with E-state index < -0.39 is 0 Å². The average Bonchev–Trinajstić information content (AvgIpc) is 2.60. The maximum atomic E-state index is 8.59. The molecule has 0 radical (unpaired) electrons. The number of aromatic nitrogens is 4. The molecule has 0 fully saturated rings. The summed E-state index contributed by atoms with van der Waals surface area (Å²) < 4.78 is 1.13. The Morgan fingerprint density at radius 1 is 1.33 bits per heavy atom. The Morgan fingerprint density at radius 3 is 2.60 bits per heavy atom. The molecule has 0 aliphatic rings. The van der Waals surface area contributed by atoms with Crippen LogP contribution in [0.25, 0.3) is 11.5 Å². The molecular weight excluding hydrogens is 194 g/mol. The summed E-state index contributed by atoms with van der Waals surface area (Å²) in [7, 11) is 0. The third-order valence-electron chi connectivity index (χ3n) is 1.84. The van der Waals surface area contributed by atoms with E-state index in [2.05, 4.69) is 15.2 Å². The van der Waals surface area contributed by atoms with Gasteiger partial charge in [-0.2, -0.15) is 5.26 Å². The topological polar surface area (TPSA) is 119 Å². The maximum absolute atomic E-state index is 8.59. The van der Waals surface area contributed by atoms with Crippen LogP contribution in [0.1, 0.15) is 5.56 Å². The van der Waals surface area contributed by atoms with Crippen molar-refractivity contribution >= 4 is 5.95 Å². The van der Waals surface area contributed by atoms with Gasteiger partial charge in [0, 0.05) is 6.20 Å². The summed E-state index contributed by atoms with van der Waals surface area (Å²) in [6.45, 7) is 0. The van der Waals surface area contributed by atoms with Gasteiger partial charge in [-0.1, -0.05) is 0 Å². The molecule has 2 heterocycles. The highest BCUT2D eigenvalue weighted by molar-refractivity contribution is 5.52. The second-order valence-corrected chi connectivity index (χ2v) is 2.80. The lowest BCUT2D eigenvalue weighted by atomic mass is 10.2. The van der Waals surface area contributed by atoms with Gasteiger partial charge >= 0.3 is 0 Å². The highest BCUT2D eigenvalue weighted by atomic mass is 15.4. The molecule has 0 saturated carbocycles. The first kappa shape index (κ1) is 8.96. The van der Waals surface area contributed by atoms with Gasteiger partial charge in [-0.15, -0.1) is 10.2 Å². The third kappa shape index (κ3) is 1.44. The molecule has 0 unspecified atom stereocenters. The fourth-order valence-corrected chi connectivity index (χ4v) is 1.07. The maximum Gasteiger partial charge on any atom is 0.241 e. The minimum absolute atomic E-state index is 0.108. The molecule has 0 saturated heterocycles. The number of nitrogens with zero attached hydrogens (tertiary/aromatic N) is 5. The Balaban J connectivity index is 2.47. The Hall–Kier alpha value is -2.62. The molecule has 0 amide bonds. The van der Waals surface area contributed by atoms with Crippen LogP contribution >= 0.6 is 0 Å². The number of rotatable bonds is 1. The first-order valence-electron chi connectivity index (χ1n) is 4.05. The van der Waals surface area contributed by atoms with Crippen molar-refractivity contribution < 1.29 is 0 Å². The van der Waals surface area contributed by atoms with E-state index in [1.807, 2.05) is 6.07 Å². The first-order chi connectivity index (χ1) is 7.22. The van der Waals surface area contributed by atoms with Crippen molar-refractivity contribution in [3.05, 3.63) is 23.9 Å². The summed E-state index contributed by atoms with van der Waals surface area (Å²) in [4.78, 5) is 4.01. The van der Waals surface area contributed by atoms with Crippen LogP contribution in [0.4, 0.5) is 5.95 Å². The Bertz CT molecular complexity index is 519. The zero-order valence-corrected chi connectivity index (χ0v) is 7.62. The van der Waals surface area contributed by atoms with Crippen LogP contribution in [0.2, 0.25) is 0 Å². The van der Waals surface area contributed by atoms with Gasteiger partial charge in [-0.25, -0.2) is 4.68 Å². The molecule has 15 heavy (non-hydrogen) atoms. The molecule has 74 valence electrons. The quantitative estimate of drug-likeness (QED) is 0.600. The lowest BCUT2D eigenvalue weighted by Gasteiger charge is -1.99. The van der Waals surface area contributed by atoms with E-state index in [1.165, 1.54) is 6.20 Å². The zero-order chi connectivity index (χ0) is 10.8. The predicted molar refractivity (Wildman–Crippen MR) is 52.5 cm³/mol. The smallest absolute Gasteiger partial charge is 0.241 e. The summed E-state index contributed by atoms with van der Waals surface area (Å²) in [5.41, 5.74) is 6.40. The van der Waals surface area contributed by atoms with E-state index in [1.54, 1.807) is 12.1 Å². The van der Waals surface area contributed by atoms with Gasteiger partial charge in [0.25, 0.3) is 0 Å². The highest BCUT2D eigenvalue weighted by Crippen LogP contribution is 2.13. The van der Waals surface area contributed by atoms with Crippen molar-refractivity contribution in [2.24, 2.45) is 0 Å². The number of hydrogen-bond donors (Lipinski definition) is 2. The summed E-state index contributed by atoms with van der Waals surface area (Å²) in [5, 5.41) is 15.9. The van der Waals surface area contributed by atoms with E-state index in [9.17, 15) is 0 Å². The number of anilines is 1. The van der Waals surface area contributed by atoms with Crippen molar-refractivity contribution in [3.8, 4) is 17.6 Å². The molecule has 0 aliphatic carbocycles. The van der Waals surface area contributed by atoms with Crippen LogP contribution in [0.15, 0.2) is 18.3 Å². The van der Waals surface area contributed by atoms with Crippen LogP contribution in [0.3, 0.4) is 0 Å². The molecule has 0 spiro atoms. The molecule has 0 atom stereocenters. The largest absolute Gasteiger partial charge is 0.366 e. The number of nitriles is 1. The van der Waals surface area contributed by atoms with Gasteiger partial charge < -0.3 is 11.6 Å².